The third kappa shape index (κ3) is 23.0. The molecule has 102 heavy (non-hydrogen) atoms. The van der Waals surface area contributed by atoms with Crippen LogP contribution in [0.2, 0.25) is 0 Å². The summed E-state index contributed by atoms with van der Waals surface area (Å²) in [5.74, 6) is -4.61. The second-order valence-electron chi connectivity index (χ2n) is 27.1. The molecule has 542 valence electrons. The van der Waals surface area contributed by atoms with E-state index in [1.807, 2.05) is 97.5 Å². The highest BCUT2D eigenvalue weighted by atomic mass is 19.1. The van der Waals surface area contributed by atoms with E-state index in [9.17, 15) is 68.2 Å². The van der Waals surface area contributed by atoms with E-state index in [2.05, 4.69) is 21.3 Å². The summed E-state index contributed by atoms with van der Waals surface area (Å²) >= 11 is 0. The number of benzene rings is 6. The molecule has 0 aliphatic heterocycles. The number of anilines is 4. The fourth-order valence-corrected chi connectivity index (χ4v) is 13.4. The fraction of sp³-hybridized carbons (Fsp3) is 0.390. The van der Waals surface area contributed by atoms with E-state index in [-0.39, 0.29) is 62.4 Å². The summed E-state index contributed by atoms with van der Waals surface area (Å²) in [7, 11) is 0. The predicted octanol–water partition coefficient (Wildman–Crippen LogP) is 17.0. The molecule has 6 aromatic carbocycles. The molecule has 2 heterocycles. The molecule has 4 atom stereocenters. The van der Waals surface area contributed by atoms with Crippen molar-refractivity contribution in [2.45, 2.75) is 205 Å². The monoisotopic (exact) mass is 1400 g/mol. The van der Waals surface area contributed by atoms with Crippen molar-refractivity contribution in [2.24, 2.45) is 0 Å². The van der Waals surface area contributed by atoms with Gasteiger partial charge in [-0.1, -0.05) is 153 Å². The number of carbonyl (C=O) groups excluding carboxylic acids is 4. The van der Waals surface area contributed by atoms with Gasteiger partial charge in [0.15, 0.2) is 0 Å². The number of nitrogens with one attached hydrogen (secondary N) is 4. The summed E-state index contributed by atoms with van der Waals surface area (Å²) in [6.45, 7) is 8.26. The average molecular weight is 1400 g/mol. The van der Waals surface area contributed by atoms with Crippen LogP contribution in [0.1, 0.15) is 200 Å². The third-order valence-corrected chi connectivity index (χ3v) is 18.2. The Morgan fingerprint density at radius 2 is 0.667 bits per heavy atom. The van der Waals surface area contributed by atoms with Crippen LogP contribution in [0.5, 0.6) is 0 Å². The molecule has 2 aromatic heterocycles. The van der Waals surface area contributed by atoms with E-state index in [0.717, 1.165) is 88.2 Å². The number of nitrogens with zero attached hydrogens (tertiary/aromatic N) is 2. The Morgan fingerprint density at radius 3 is 0.961 bits per heavy atom. The number of halogens is 2. The van der Waals surface area contributed by atoms with Gasteiger partial charge in [0.05, 0.1) is 59.8 Å². The number of carboxylic acid groups (broad SMARTS) is 2. The first kappa shape index (κ1) is 78.1. The van der Waals surface area contributed by atoms with Gasteiger partial charge < -0.3 is 61.0 Å². The molecule has 20 heteroatoms. The van der Waals surface area contributed by atoms with Crippen molar-refractivity contribution < 1.29 is 68.2 Å². The van der Waals surface area contributed by atoms with Gasteiger partial charge in [-0.05, 0) is 170 Å². The molecule has 0 unspecified atom stereocenters. The molecule has 0 spiro atoms. The number of hydrogen-bond acceptors (Lipinski definition) is 10. The van der Waals surface area contributed by atoms with Gasteiger partial charge in [-0.25, -0.2) is 8.78 Å². The number of carboxylic acids is 2. The minimum Gasteiger partial charge on any atom is -0.481 e. The highest BCUT2D eigenvalue weighted by Crippen LogP contribution is 2.45. The van der Waals surface area contributed by atoms with Crippen molar-refractivity contribution in [1.29, 1.82) is 0 Å². The van der Waals surface area contributed by atoms with Crippen molar-refractivity contribution in [3.05, 3.63) is 192 Å². The number of hydrogen-bond donors (Lipinski definition) is 10. The lowest BCUT2D eigenvalue weighted by atomic mass is 9.94. The number of aromatic nitrogens is 2. The van der Waals surface area contributed by atoms with Gasteiger partial charge in [0.25, 0.3) is 11.8 Å². The van der Waals surface area contributed by atoms with Gasteiger partial charge in [-0.3, -0.25) is 28.8 Å². The first-order chi connectivity index (χ1) is 49.0. The Balaban J connectivity index is 0.735. The van der Waals surface area contributed by atoms with Crippen LogP contribution in [0.4, 0.5) is 31.5 Å². The van der Waals surface area contributed by atoms with Crippen LogP contribution >= 0.6 is 0 Å². The molecule has 10 N–H and O–H groups in total. The first-order valence-electron chi connectivity index (χ1n) is 35.8. The summed E-state index contributed by atoms with van der Waals surface area (Å²) in [5.41, 5.74) is 9.61. The zero-order chi connectivity index (χ0) is 73.2. The van der Waals surface area contributed by atoms with E-state index < -0.39 is 72.6 Å². The fourth-order valence-electron chi connectivity index (χ4n) is 13.4. The van der Waals surface area contributed by atoms with Crippen LogP contribution in [-0.4, -0.2) is 99.8 Å². The highest BCUT2D eigenvalue weighted by Gasteiger charge is 2.33. The first-order valence-corrected chi connectivity index (χ1v) is 35.8. The number of amides is 4. The zero-order valence-corrected chi connectivity index (χ0v) is 58.8. The standard InChI is InChI=1S/C82H98F2N6O12/c1-53(2)77-75(73(55-23-17-15-18-24-55)79(57-29-33-59(83)34-30-57)89(77)47-45-65(91)49-67(93)51-71(97)98)81(101)87-63-41-37-61(38-42-63)85-69(95)27-21-13-11-9-7-5-6-8-10-12-14-22-28-70(96)86-62-39-43-64(44-40-62)88-82(102)76-74(56-25-19-16-20-26-56)80(58-31-35-60(84)36-32-58)90(78(76)54(3)4)48-46-66(92)50-68(94)52-72(99)100/h15-20,23-26,29-44,53-54,65-68,91-94H,5-14,21-22,27-28,45-52H2,1-4H3,(H,85,95)(H,86,96)(H,87,101)(H,88,102)(H,97,98)(H,99,100)/t65-,66-,67-,68-/m0/s1. The average Bonchev–Trinajstić information content (AvgIpc) is 1.60. The number of aliphatic hydroxyl groups excluding tert-OH is 4. The van der Waals surface area contributed by atoms with Crippen LogP contribution in [0.3, 0.4) is 0 Å². The Bertz CT molecular complexity index is 3770. The molecule has 0 saturated carbocycles. The smallest absolute Gasteiger partial charge is 0.305 e. The topological polar surface area (TPSA) is 282 Å². The maximum atomic E-state index is 14.7. The molecule has 0 fully saturated rings. The number of carbonyl (C=O) groups is 6. The van der Waals surface area contributed by atoms with Crippen molar-refractivity contribution in [3.8, 4) is 44.8 Å². The molecule has 0 aliphatic carbocycles. The second kappa shape index (κ2) is 39.0. The summed E-state index contributed by atoms with van der Waals surface area (Å²) in [6.07, 6.45) is 7.40. The molecule has 4 amide bonds. The van der Waals surface area contributed by atoms with Crippen LogP contribution < -0.4 is 21.3 Å². The third-order valence-electron chi connectivity index (χ3n) is 18.2. The summed E-state index contributed by atoms with van der Waals surface area (Å²) in [5, 5.41) is 73.0. The van der Waals surface area contributed by atoms with E-state index >= 15 is 0 Å². The number of aliphatic hydroxyl groups is 4. The Hall–Kier alpha value is -9.60. The summed E-state index contributed by atoms with van der Waals surface area (Å²) in [6, 6.07) is 44.7. The number of aliphatic carboxylic acids is 2. The molecule has 0 saturated heterocycles. The lowest BCUT2D eigenvalue weighted by Crippen LogP contribution is -2.22. The molecule has 0 aliphatic rings. The summed E-state index contributed by atoms with van der Waals surface area (Å²) < 4.78 is 32.7. The van der Waals surface area contributed by atoms with Crippen LogP contribution in [0, 0.1) is 11.6 Å². The quantitative estimate of drug-likeness (QED) is 0.0160. The van der Waals surface area contributed by atoms with Crippen molar-refractivity contribution in [2.75, 3.05) is 21.3 Å². The Morgan fingerprint density at radius 1 is 0.373 bits per heavy atom. The Labute approximate surface area is 596 Å². The van der Waals surface area contributed by atoms with Gasteiger partial charge in [-0.15, -0.1) is 0 Å². The highest BCUT2D eigenvalue weighted by molar-refractivity contribution is 6.14. The molecule has 8 aromatic rings. The molecule has 18 nitrogen and oxygen atoms in total. The normalized spacial score (nSPS) is 12.6. The molecule has 0 bridgehead atoms. The lowest BCUT2D eigenvalue weighted by molar-refractivity contribution is -0.140. The van der Waals surface area contributed by atoms with Crippen LogP contribution in [0.25, 0.3) is 44.8 Å². The van der Waals surface area contributed by atoms with Crippen molar-refractivity contribution in [3.63, 3.8) is 0 Å². The van der Waals surface area contributed by atoms with Gasteiger partial charge in [0.2, 0.25) is 11.8 Å². The van der Waals surface area contributed by atoms with E-state index in [0.29, 0.717) is 91.7 Å². The molecule has 0 radical (unpaired) electrons. The predicted molar refractivity (Wildman–Crippen MR) is 396 cm³/mol. The minimum atomic E-state index is -1.24. The van der Waals surface area contributed by atoms with Crippen molar-refractivity contribution in [1.82, 2.24) is 9.13 Å². The zero-order valence-electron chi connectivity index (χ0n) is 58.8. The largest absolute Gasteiger partial charge is 0.481 e. The minimum absolute atomic E-state index is 0.0940. The molecule has 8 rings (SSSR count). The van der Waals surface area contributed by atoms with Gasteiger partial charge in [0, 0.05) is 71.2 Å². The van der Waals surface area contributed by atoms with Gasteiger partial charge >= 0.3 is 11.9 Å². The second-order valence-corrected chi connectivity index (χ2v) is 27.1. The van der Waals surface area contributed by atoms with E-state index in [4.69, 9.17) is 0 Å². The number of rotatable bonds is 41. The maximum Gasteiger partial charge on any atom is 0.305 e. The van der Waals surface area contributed by atoms with E-state index in [1.54, 1.807) is 72.8 Å². The maximum absolute atomic E-state index is 14.7. The van der Waals surface area contributed by atoms with Gasteiger partial charge in [-0.2, -0.15) is 0 Å². The Kier molecular flexibility index (Phi) is 29.9. The van der Waals surface area contributed by atoms with Crippen LogP contribution in [0.15, 0.2) is 158 Å². The molecular weight excluding hydrogens is 1300 g/mol. The van der Waals surface area contributed by atoms with Crippen LogP contribution in [-0.2, 0) is 32.3 Å². The van der Waals surface area contributed by atoms with Crippen molar-refractivity contribution >= 4 is 58.3 Å². The molecular formula is C82H98F2N6O12. The van der Waals surface area contributed by atoms with Gasteiger partial charge in [0.1, 0.15) is 11.6 Å². The summed E-state index contributed by atoms with van der Waals surface area (Å²) in [4.78, 5) is 77.9. The lowest BCUT2D eigenvalue weighted by Gasteiger charge is -2.20. The van der Waals surface area contributed by atoms with E-state index in [1.165, 1.54) is 24.3 Å². The SMILES string of the molecule is CC(C)c1c(C(=O)Nc2ccc(NC(=O)CCCCCCCCCCCCCCC(=O)Nc3ccc(NC(=O)c4c(-c5ccccc5)c(-c5ccc(F)cc5)n(CC[C@H](O)C[C@H](O)CC(=O)O)c4C(C)C)cc3)cc2)c(-c2ccccc2)c(-c2ccc(F)cc2)n1CC[C@H](O)C[C@H](O)CC(=O)O. The number of unbranched alkanes of at least 4 members (excludes halogenated alkanes) is 11.